The van der Waals surface area contributed by atoms with E-state index in [2.05, 4.69) is 0 Å². The molecule has 2 aromatic rings. The molecular weight excluding hydrogens is 324 g/mol. The van der Waals surface area contributed by atoms with Crippen LogP contribution in [0.4, 0.5) is 17.6 Å². The predicted octanol–water partition coefficient (Wildman–Crippen LogP) is 3.92. The molecule has 0 atom stereocenters. The molecule has 2 aromatic carbocycles. The van der Waals surface area contributed by atoms with Gasteiger partial charge in [-0.1, -0.05) is 17.7 Å². The van der Waals surface area contributed by atoms with Crippen molar-refractivity contribution >= 4 is 10.1 Å². The van der Waals surface area contributed by atoms with Gasteiger partial charge in [0.15, 0.2) is 0 Å². The number of benzene rings is 2. The molecule has 0 saturated heterocycles. The van der Waals surface area contributed by atoms with Crippen LogP contribution in [0.3, 0.4) is 0 Å². The second-order valence-electron chi connectivity index (χ2n) is 4.49. The van der Waals surface area contributed by atoms with Crippen molar-refractivity contribution in [2.24, 2.45) is 0 Å². The fraction of sp³-hybridized carbons (Fsp3) is 0.143. The van der Waals surface area contributed by atoms with E-state index in [0.717, 1.165) is 5.56 Å². The normalized spacial score (nSPS) is 12.2. The summed E-state index contributed by atoms with van der Waals surface area (Å²) in [6, 6.07) is 7.25. The summed E-state index contributed by atoms with van der Waals surface area (Å²) in [6.45, 7) is 1.77. The van der Waals surface area contributed by atoms with E-state index in [1.165, 1.54) is 12.1 Å². The lowest BCUT2D eigenvalue weighted by Crippen LogP contribution is -2.13. The molecule has 8 heteroatoms. The van der Waals surface area contributed by atoms with Crippen LogP contribution in [0.1, 0.15) is 11.1 Å². The number of rotatable bonds is 3. The Labute approximate surface area is 124 Å². The third-order valence-electron chi connectivity index (χ3n) is 2.76. The van der Waals surface area contributed by atoms with E-state index in [4.69, 9.17) is 4.18 Å². The smallest absolute Gasteiger partial charge is 0.379 e. The zero-order chi connectivity index (χ0) is 16.5. The van der Waals surface area contributed by atoms with Gasteiger partial charge in [-0.3, -0.25) is 0 Å². The summed E-state index contributed by atoms with van der Waals surface area (Å²) in [7, 11) is -4.49. The van der Waals surface area contributed by atoms with Crippen molar-refractivity contribution in [3.05, 3.63) is 59.4 Å². The maximum Gasteiger partial charge on any atom is 0.419 e. The first-order chi connectivity index (χ1) is 10.1. The van der Waals surface area contributed by atoms with Gasteiger partial charge in [-0.15, -0.1) is 0 Å². The van der Waals surface area contributed by atoms with Gasteiger partial charge in [0.05, 0.1) is 5.56 Å². The molecular formula is C14H10F4O3S. The Morgan fingerprint density at radius 1 is 1.00 bits per heavy atom. The topological polar surface area (TPSA) is 43.4 Å². The first kappa shape index (κ1) is 16.3. The van der Waals surface area contributed by atoms with Gasteiger partial charge in [-0.25, -0.2) is 4.39 Å². The molecule has 2 rings (SSSR count). The average molecular weight is 334 g/mol. The van der Waals surface area contributed by atoms with Crippen molar-refractivity contribution < 1.29 is 30.2 Å². The monoisotopic (exact) mass is 334 g/mol. The minimum Gasteiger partial charge on any atom is -0.379 e. The summed E-state index contributed by atoms with van der Waals surface area (Å²) >= 11 is 0. The Kier molecular flexibility index (Phi) is 4.15. The van der Waals surface area contributed by atoms with E-state index in [0.29, 0.717) is 12.1 Å². The van der Waals surface area contributed by atoms with Crippen LogP contribution in [0.2, 0.25) is 0 Å². The van der Waals surface area contributed by atoms with Gasteiger partial charge in [-0.05, 0) is 37.3 Å². The molecule has 118 valence electrons. The Balaban J connectivity index is 2.39. The maximum atomic E-state index is 13.2. The molecule has 22 heavy (non-hydrogen) atoms. The molecule has 0 saturated carbocycles. The zero-order valence-corrected chi connectivity index (χ0v) is 12.0. The van der Waals surface area contributed by atoms with Crippen LogP contribution in [-0.4, -0.2) is 8.42 Å². The van der Waals surface area contributed by atoms with E-state index in [9.17, 15) is 26.0 Å². The van der Waals surface area contributed by atoms with Crippen molar-refractivity contribution in [3.63, 3.8) is 0 Å². The molecule has 0 radical (unpaired) electrons. The summed E-state index contributed by atoms with van der Waals surface area (Å²) in [5, 5.41) is 0. The Bertz CT molecular complexity index is 781. The Hall–Kier alpha value is -2.09. The van der Waals surface area contributed by atoms with E-state index in [1.54, 1.807) is 19.1 Å². The standard InChI is InChI=1S/C14H10F4O3S/c1-9-2-4-10(5-3-9)21-22(19,20)11-6-7-13(15)12(8-11)14(16,17)18/h2-8H,1H3. The van der Waals surface area contributed by atoms with E-state index in [1.807, 2.05) is 0 Å². The lowest BCUT2D eigenvalue weighted by atomic mass is 10.2. The van der Waals surface area contributed by atoms with Gasteiger partial charge in [0.2, 0.25) is 0 Å². The molecule has 0 fully saturated rings. The van der Waals surface area contributed by atoms with Crippen LogP contribution in [0.15, 0.2) is 47.4 Å². The highest BCUT2D eigenvalue weighted by Crippen LogP contribution is 2.33. The zero-order valence-electron chi connectivity index (χ0n) is 11.2. The quantitative estimate of drug-likeness (QED) is 0.631. The lowest BCUT2D eigenvalue weighted by Gasteiger charge is -2.11. The average Bonchev–Trinajstić information content (AvgIpc) is 2.40. The first-order valence-corrected chi connectivity index (χ1v) is 7.38. The minimum absolute atomic E-state index is 0.0523. The second kappa shape index (κ2) is 5.60. The molecule has 0 unspecified atom stereocenters. The SMILES string of the molecule is Cc1ccc(OS(=O)(=O)c2ccc(F)c(C(F)(F)F)c2)cc1. The summed E-state index contributed by atoms with van der Waals surface area (Å²) in [5.74, 6) is -1.61. The number of halogens is 4. The number of hydrogen-bond donors (Lipinski definition) is 0. The van der Waals surface area contributed by atoms with Gasteiger partial charge in [-0.2, -0.15) is 21.6 Å². The molecule has 0 aliphatic carbocycles. The predicted molar refractivity (Wildman–Crippen MR) is 70.4 cm³/mol. The number of hydrogen-bond acceptors (Lipinski definition) is 3. The largest absolute Gasteiger partial charge is 0.419 e. The number of aryl methyl sites for hydroxylation is 1. The second-order valence-corrected chi connectivity index (χ2v) is 6.04. The first-order valence-electron chi connectivity index (χ1n) is 5.97. The minimum atomic E-state index is -5.00. The maximum absolute atomic E-state index is 13.2. The van der Waals surface area contributed by atoms with Crippen LogP contribution >= 0.6 is 0 Å². The molecule has 0 aromatic heterocycles. The van der Waals surface area contributed by atoms with Crippen LogP contribution in [0, 0.1) is 12.7 Å². The number of alkyl halides is 3. The summed E-state index contributed by atoms with van der Waals surface area (Å²) in [4.78, 5) is -0.776. The Morgan fingerprint density at radius 2 is 1.59 bits per heavy atom. The lowest BCUT2D eigenvalue weighted by molar-refractivity contribution is -0.140. The third-order valence-corrected chi connectivity index (χ3v) is 4.00. The summed E-state index contributed by atoms with van der Waals surface area (Å²) < 4.78 is 79.7. The molecule has 0 spiro atoms. The molecule has 0 N–H and O–H groups in total. The highest BCUT2D eigenvalue weighted by Gasteiger charge is 2.35. The van der Waals surface area contributed by atoms with Crippen molar-refractivity contribution in [3.8, 4) is 5.75 Å². The molecule has 0 aliphatic heterocycles. The van der Waals surface area contributed by atoms with Gasteiger partial charge in [0, 0.05) is 0 Å². The Morgan fingerprint density at radius 3 is 2.14 bits per heavy atom. The van der Waals surface area contributed by atoms with Crippen LogP contribution in [0.5, 0.6) is 5.75 Å². The van der Waals surface area contributed by atoms with Crippen molar-refractivity contribution in [1.82, 2.24) is 0 Å². The van der Waals surface area contributed by atoms with Gasteiger partial charge < -0.3 is 4.18 Å². The van der Waals surface area contributed by atoms with Crippen LogP contribution in [-0.2, 0) is 16.3 Å². The van der Waals surface area contributed by atoms with Crippen molar-refractivity contribution in [1.29, 1.82) is 0 Å². The fourth-order valence-corrected chi connectivity index (χ4v) is 2.60. The van der Waals surface area contributed by atoms with E-state index >= 15 is 0 Å². The molecule has 0 bridgehead atoms. The fourth-order valence-electron chi connectivity index (χ4n) is 1.65. The van der Waals surface area contributed by atoms with Crippen LogP contribution in [0.25, 0.3) is 0 Å². The molecule has 0 heterocycles. The van der Waals surface area contributed by atoms with E-state index < -0.39 is 32.6 Å². The van der Waals surface area contributed by atoms with Crippen molar-refractivity contribution in [2.45, 2.75) is 18.0 Å². The van der Waals surface area contributed by atoms with Gasteiger partial charge >= 0.3 is 16.3 Å². The highest BCUT2D eigenvalue weighted by molar-refractivity contribution is 7.87. The van der Waals surface area contributed by atoms with Gasteiger partial charge in [0.1, 0.15) is 16.5 Å². The van der Waals surface area contributed by atoms with E-state index in [-0.39, 0.29) is 11.8 Å². The highest BCUT2D eigenvalue weighted by atomic mass is 32.2. The molecule has 0 aliphatic rings. The van der Waals surface area contributed by atoms with Gasteiger partial charge in [0.25, 0.3) is 0 Å². The van der Waals surface area contributed by atoms with Crippen LogP contribution < -0.4 is 4.18 Å². The summed E-state index contributed by atoms with van der Waals surface area (Å²) in [6.07, 6.45) is -5.00. The van der Waals surface area contributed by atoms with Crippen molar-refractivity contribution in [2.75, 3.05) is 0 Å². The molecule has 3 nitrogen and oxygen atoms in total. The summed E-state index contributed by atoms with van der Waals surface area (Å²) in [5.41, 5.74) is -0.813. The molecule has 0 amide bonds. The third kappa shape index (κ3) is 3.56.